The van der Waals surface area contributed by atoms with Crippen molar-refractivity contribution in [3.8, 4) is 0 Å². The summed E-state index contributed by atoms with van der Waals surface area (Å²) in [5.74, 6) is 0.902. The molecular formula is C14H20BrNO2. The molecule has 18 heavy (non-hydrogen) atoms. The Morgan fingerprint density at radius 3 is 2.72 bits per heavy atom. The number of rotatable bonds is 4. The van der Waals surface area contributed by atoms with Gasteiger partial charge >= 0.3 is 0 Å². The molecular weight excluding hydrogens is 294 g/mol. The summed E-state index contributed by atoms with van der Waals surface area (Å²) in [5, 5.41) is 0.825. The van der Waals surface area contributed by atoms with Crippen LogP contribution in [0.15, 0.2) is 16.7 Å². The fourth-order valence-corrected chi connectivity index (χ4v) is 3.04. The topological polar surface area (TPSA) is 33.5 Å². The SMILES string of the molecule is Cc1cc(C(=O)N(CCBr)C2CCCCC2)co1. The Morgan fingerprint density at radius 1 is 1.44 bits per heavy atom. The molecule has 1 saturated carbocycles. The summed E-state index contributed by atoms with van der Waals surface area (Å²) in [5.41, 5.74) is 0.680. The summed E-state index contributed by atoms with van der Waals surface area (Å²) >= 11 is 3.45. The van der Waals surface area contributed by atoms with Crippen LogP contribution in [0.1, 0.15) is 48.2 Å². The number of carbonyl (C=O) groups is 1. The smallest absolute Gasteiger partial charge is 0.257 e. The lowest BCUT2D eigenvalue weighted by Crippen LogP contribution is -2.42. The highest BCUT2D eigenvalue weighted by atomic mass is 79.9. The van der Waals surface area contributed by atoms with Gasteiger partial charge in [0.25, 0.3) is 5.91 Å². The maximum absolute atomic E-state index is 12.5. The van der Waals surface area contributed by atoms with Crippen LogP contribution in [0, 0.1) is 6.92 Å². The molecule has 0 aromatic carbocycles. The first-order chi connectivity index (χ1) is 8.72. The van der Waals surface area contributed by atoms with E-state index in [-0.39, 0.29) is 5.91 Å². The molecule has 0 bridgehead atoms. The second-order valence-electron chi connectivity index (χ2n) is 4.93. The monoisotopic (exact) mass is 313 g/mol. The van der Waals surface area contributed by atoms with Crippen molar-refractivity contribution in [2.24, 2.45) is 0 Å². The average molecular weight is 314 g/mol. The number of hydrogen-bond donors (Lipinski definition) is 0. The van der Waals surface area contributed by atoms with E-state index in [9.17, 15) is 4.79 Å². The molecule has 1 aromatic heterocycles. The molecule has 1 aromatic rings. The van der Waals surface area contributed by atoms with E-state index in [0.29, 0.717) is 11.6 Å². The Kier molecular flexibility index (Phi) is 4.87. The van der Waals surface area contributed by atoms with Gasteiger partial charge in [-0.1, -0.05) is 35.2 Å². The van der Waals surface area contributed by atoms with Crippen LogP contribution in [0.5, 0.6) is 0 Å². The summed E-state index contributed by atoms with van der Waals surface area (Å²) in [6.07, 6.45) is 7.62. The van der Waals surface area contributed by atoms with Crippen LogP contribution in [0.3, 0.4) is 0 Å². The number of aryl methyl sites for hydroxylation is 1. The lowest BCUT2D eigenvalue weighted by Gasteiger charge is -2.33. The van der Waals surface area contributed by atoms with E-state index >= 15 is 0 Å². The van der Waals surface area contributed by atoms with Crippen molar-refractivity contribution in [3.05, 3.63) is 23.7 Å². The minimum atomic E-state index is 0.109. The lowest BCUT2D eigenvalue weighted by molar-refractivity contribution is 0.0650. The van der Waals surface area contributed by atoms with E-state index in [1.807, 2.05) is 17.9 Å². The van der Waals surface area contributed by atoms with Gasteiger partial charge < -0.3 is 9.32 Å². The van der Waals surface area contributed by atoms with Crippen molar-refractivity contribution in [1.29, 1.82) is 0 Å². The fourth-order valence-electron chi connectivity index (χ4n) is 2.66. The van der Waals surface area contributed by atoms with Gasteiger partial charge in [0.05, 0.1) is 5.56 Å². The predicted octanol–water partition coefficient (Wildman–Crippen LogP) is 3.76. The second kappa shape index (κ2) is 6.41. The normalized spacial score (nSPS) is 16.8. The van der Waals surface area contributed by atoms with Gasteiger partial charge in [0, 0.05) is 17.9 Å². The van der Waals surface area contributed by atoms with Gasteiger partial charge in [0.2, 0.25) is 0 Å². The molecule has 100 valence electrons. The van der Waals surface area contributed by atoms with Crippen molar-refractivity contribution in [3.63, 3.8) is 0 Å². The Hall–Kier alpha value is -0.770. The Labute approximate surface area is 117 Å². The van der Waals surface area contributed by atoms with Gasteiger partial charge in [0.15, 0.2) is 0 Å². The highest BCUT2D eigenvalue weighted by molar-refractivity contribution is 9.09. The molecule has 1 aliphatic rings. The number of nitrogens with zero attached hydrogens (tertiary/aromatic N) is 1. The van der Waals surface area contributed by atoms with Crippen molar-refractivity contribution in [2.75, 3.05) is 11.9 Å². The van der Waals surface area contributed by atoms with Crippen molar-refractivity contribution < 1.29 is 9.21 Å². The van der Waals surface area contributed by atoms with Crippen molar-refractivity contribution >= 4 is 21.8 Å². The molecule has 1 fully saturated rings. The quantitative estimate of drug-likeness (QED) is 0.793. The maximum atomic E-state index is 12.5. The molecule has 0 spiro atoms. The van der Waals surface area contributed by atoms with Gasteiger partial charge in [-0.15, -0.1) is 0 Å². The zero-order valence-corrected chi connectivity index (χ0v) is 12.4. The number of alkyl halides is 1. The van der Waals surface area contributed by atoms with Gasteiger partial charge in [-0.3, -0.25) is 4.79 Å². The standard InChI is InChI=1S/C14H20BrNO2/c1-11-9-12(10-18-11)14(17)16(8-7-15)13-5-3-2-4-6-13/h9-10,13H,2-8H2,1H3. The molecule has 1 heterocycles. The molecule has 0 aliphatic heterocycles. The van der Waals surface area contributed by atoms with Gasteiger partial charge in [-0.25, -0.2) is 0 Å². The molecule has 0 atom stereocenters. The molecule has 1 aliphatic carbocycles. The molecule has 4 heteroatoms. The van der Waals surface area contributed by atoms with Crippen LogP contribution < -0.4 is 0 Å². The summed E-state index contributed by atoms with van der Waals surface area (Å²) in [6, 6.07) is 2.23. The van der Waals surface area contributed by atoms with E-state index in [4.69, 9.17) is 4.42 Å². The first kappa shape index (κ1) is 13.7. The van der Waals surface area contributed by atoms with Crippen LogP contribution in [-0.4, -0.2) is 28.7 Å². The summed E-state index contributed by atoms with van der Waals surface area (Å²) < 4.78 is 5.24. The number of halogens is 1. The third-order valence-electron chi connectivity index (χ3n) is 3.58. The third kappa shape index (κ3) is 3.16. The largest absolute Gasteiger partial charge is 0.469 e. The second-order valence-corrected chi connectivity index (χ2v) is 5.72. The Morgan fingerprint density at radius 2 is 2.17 bits per heavy atom. The summed E-state index contributed by atoms with van der Waals surface area (Å²) in [6.45, 7) is 2.64. The lowest BCUT2D eigenvalue weighted by atomic mass is 9.94. The van der Waals surface area contributed by atoms with E-state index in [1.54, 1.807) is 6.26 Å². The molecule has 0 unspecified atom stereocenters. The molecule has 2 rings (SSSR count). The minimum Gasteiger partial charge on any atom is -0.469 e. The van der Waals surface area contributed by atoms with E-state index in [1.165, 1.54) is 19.3 Å². The number of hydrogen-bond acceptors (Lipinski definition) is 2. The number of carbonyl (C=O) groups excluding carboxylic acids is 1. The van der Waals surface area contributed by atoms with E-state index < -0.39 is 0 Å². The Balaban J connectivity index is 2.10. The molecule has 0 saturated heterocycles. The van der Waals surface area contributed by atoms with Crippen LogP contribution in [-0.2, 0) is 0 Å². The highest BCUT2D eigenvalue weighted by Crippen LogP contribution is 2.24. The Bertz CT molecular complexity index is 396. The van der Waals surface area contributed by atoms with Crippen LogP contribution in [0.4, 0.5) is 0 Å². The molecule has 1 amide bonds. The fraction of sp³-hybridized carbons (Fsp3) is 0.643. The van der Waals surface area contributed by atoms with Crippen LogP contribution in [0.25, 0.3) is 0 Å². The third-order valence-corrected chi connectivity index (χ3v) is 3.93. The summed E-state index contributed by atoms with van der Waals surface area (Å²) in [4.78, 5) is 14.5. The van der Waals surface area contributed by atoms with Crippen molar-refractivity contribution in [2.45, 2.75) is 45.1 Å². The highest BCUT2D eigenvalue weighted by Gasteiger charge is 2.26. The van der Waals surface area contributed by atoms with Crippen LogP contribution >= 0.6 is 15.9 Å². The maximum Gasteiger partial charge on any atom is 0.257 e. The molecule has 0 radical (unpaired) electrons. The number of furan rings is 1. The average Bonchev–Trinajstić information content (AvgIpc) is 2.83. The molecule has 3 nitrogen and oxygen atoms in total. The zero-order valence-electron chi connectivity index (χ0n) is 10.8. The van der Waals surface area contributed by atoms with E-state index in [0.717, 1.165) is 30.5 Å². The van der Waals surface area contributed by atoms with E-state index in [2.05, 4.69) is 15.9 Å². The van der Waals surface area contributed by atoms with Gasteiger partial charge in [0.1, 0.15) is 12.0 Å². The first-order valence-corrected chi connectivity index (χ1v) is 7.76. The van der Waals surface area contributed by atoms with Crippen molar-refractivity contribution in [1.82, 2.24) is 4.90 Å². The van der Waals surface area contributed by atoms with Gasteiger partial charge in [-0.2, -0.15) is 0 Å². The summed E-state index contributed by atoms with van der Waals surface area (Å²) in [7, 11) is 0. The van der Waals surface area contributed by atoms with Gasteiger partial charge in [-0.05, 0) is 25.8 Å². The zero-order chi connectivity index (χ0) is 13.0. The number of amides is 1. The first-order valence-electron chi connectivity index (χ1n) is 6.64. The molecule has 0 N–H and O–H groups in total. The predicted molar refractivity (Wildman–Crippen MR) is 75.1 cm³/mol. The minimum absolute atomic E-state index is 0.109. The van der Waals surface area contributed by atoms with Crippen LogP contribution in [0.2, 0.25) is 0 Å².